The van der Waals surface area contributed by atoms with Gasteiger partial charge in [-0.3, -0.25) is 0 Å². The lowest BCUT2D eigenvalue weighted by molar-refractivity contribution is 0.244. The van der Waals surface area contributed by atoms with Gasteiger partial charge in [-0.15, -0.1) is 0 Å². The average Bonchev–Trinajstić information content (AvgIpc) is 2.34. The van der Waals surface area contributed by atoms with Crippen LogP contribution in [-0.2, 0) is 0 Å². The molecule has 0 saturated carbocycles. The number of nitrogen functional groups attached to an aromatic ring is 1. The summed E-state index contributed by atoms with van der Waals surface area (Å²) < 4.78 is 5.70. The summed E-state index contributed by atoms with van der Waals surface area (Å²) in [7, 11) is 0. The van der Waals surface area contributed by atoms with Crippen LogP contribution in [0.4, 0.5) is 11.4 Å². The van der Waals surface area contributed by atoms with Gasteiger partial charge in [-0.1, -0.05) is 32.3 Å². The Bertz CT molecular complexity index is 377. The van der Waals surface area contributed by atoms with Crippen LogP contribution in [0.25, 0.3) is 0 Å². The maximum absolute atomic E-state index is 6.15. The Labute approximate surface area is 117 Å². The van der Waals surface area contributed by atoms with Crippen LogP contribution in [-0.4, -0.2) is 12.1 Å². The van der Waals surface area contributed by atoms with Crippen molar-refractivity contribution in [3.05, 3.63) is 18.2 Å². The molecule has 1 aromatic carbocycles. The molecule has 108 valence electrons. The summed E-state index contributed by atoms with van der Waals surface area (Å²) in [6, 6.07) is 6.35. The Morgan fingerprint density at radius 1 is 1.21 bits per heavy atom. The van der Waals surface area contributed by atoms with E-state index < -0.39 is 0 Å². The fraction of sp³-hybridized carbons (Fsp3) is 0.625. The second-order valence-electron chi connectivity index (χ2n) is 5.43. The van der Waals surface area contributed by atoms with Gasteiger partial charge in [-0.25, -0.2) is 0 Å². The number of hydrogen-bond donors (Lipinski definition) is 2. The molecule has 0 radical (unpaired) electrons. The van der Waals surface area contributed by atoms with Crippen molar-refractivity contribution in [2.75, 3.05) is 11.1 Å². The van der Waals surface area contributed by atoms with Crippen molar-refractivity contribution >= 4 is 11.4 Å². The van der Waals surface area contributed by atoms with Crippen LogP contribution in [0.15, 0.2) is 18.2 Å². The fourth-order valence-corrected chi connectivity index (χ4v) is 2.06. The highest BCUT2D eigenvalue weighted by atomic mass is 16.5. The summed E-state index contributed by atoms with van der Waals surface area (Å²) in [5, 5.41) is 3.48. The minimum absolute atomic E-state index is 0.138. The highest BCUT2D eigenvalue weighted by molar-refractivity contribution is 5.73. The molecule has 0 aliphatic rings. The lowest BCUT2D eigenvalue weighted by atomic mass is 10.1. The molecule has 3 heteroatoms. The normalized spacial score (nSPS) is 12.5. The number of nitrogens with two attached hydrogens (primary N) is 1. The number of ether oxygens (including phenoxy) is 1. The first-order chi connectivity index (χ1) is 9.04. The van der Waals surface area contributed by atoms with Crippen LogP contribution in [0.3, 0.4) is 0 Å². The third-order valence-corrected chi connectivity index (χ3v) is 3.07. The van der Waals surface area contributed by atoms with Gasteiger partial charge >= 0.3 is 0 Å². The molecular formula is C16H28N2O. The molecule has 0 aliphatic carbocycles. The fourth-order valence-electron chi connectivity index (χ4n) is 2.06. The second kappa shape index (κ2) is 7.93. The number of nitrogens with one attached hydrogen (secondary N) is 1. The average molecular weight is 264 g/mol. The highest BCUT2D eigenvalue weighted by Crippen LogP contribution is 2.30. The summed E-state index contributed by atoms with van der Waals surface area (Å²) >= 11 is 0. The molecular weight excluding hydrogens is 236 g/mol. The Hall–Kier alpha value is -1.38. The lowest BCUT2D eigenvalue weighted by Gasteiger charge is -2.19. The molecule has 1 atom stereocenters. The van der Waals surface area contributed by atoms with Crippen LogP contribution in [0, 0.1) is 0 Å². The largest absolute Gasteiger partial charge is 0.489 e. The van der Waals surface area contributed by atoms with Crippen molar-refractivity contribution in [1.29, 1.82) is 0 Å². The molecule has 0 heterocycles. The number of anilines is 2. The van der Waals surface area contributed by atoms with Crippen molar-refractivity contribution in [1.82, 2.24) is 0 Å². The maximum Gasteiger partial charge on any atom is 0.144 e. The molecule has 1 aromatic rings. The van der Waals surface area contributed by atoms with E-state index in [4.69, 9.17) is 10.5 Å². The maximum atomic E-state index is 6.15. The van der Waals surface area contributed by atoms with E-state index >= 15 is 0 Å². The quantitative estimate of drug-likeness (QED) is 0.539. The van der Waals surface area contributed by atoms with Gasteiger partial charge < -0.3 is 15.8 Å². The first kappa shape index (κ1) is 15.7. The second-order valence-corrected chi connectivity index (χ2v) is 5.43. The van der Waals surface area contributed by atoms with Gasteiger partial charge in [0.2, 0.25) is 0 Å². The Balaban J connectivity index is 2.62. The first-order valence-corrected chi connectivity index (χ1v) is 7.36. The SMILES string of the molecule is CCCCCC(C)Nc1cccc(OC(C)C)c1N. The molecule has 1 rings (SSSR count). The van der Waals surface area contributed by atoms with E-state index in [9.17, 15) is 0 Å². The predicted octanol–water partition coefficient (Wildman–Crippen LogP) is 4.44. The molecule has 0 aliphatic heterocycles. The lowest BCUT2D eigenvalue weighted by Crippen LogP contribution is -2.16. The van der Waals surface area contributed by atoms with Gasteiger partial charge in [0.05, 0.1) is 17.5 Å². The van der Waals surface area contributed by atoms with Crippen molar-refractivity contribution in [3.8, 4) is 5.75 Å². The van der Waals surface area contributed by atoms with E-state index in [1.165, 1.54) is 25.7 Å². The standard InChI is InChI=1S/C16H28N2O/c1-5-6-7-9-13(4)18-14-10-8-11-15(16(14)17)19-12(2)3/h8,10-13,18H,5-7,9,17H2,1-4H3. The number of hydrogen-bond acceptors (Lipinski definition) is 3. The van der Waals surface area contributed by atoms with Crippen LogP contribution in [0.1, 0.15) is 53.4 Å². The Morgan fingerprint density at radius 2 is 1.95 bits per heavy atom. The van der Waals surface area contributed by atoms with E-state index in [0.717, 1.165) is 11.4 Å². The minimum atomic E-state index is 0.138. The summed E-state index contributed by atoms with van der Waals surface area (Å²) in [6.45, 7) is 8.44. The van der Waals surface area contributed by atoms with Crippen LogP contribution >= 0.6 is 0 Å². The summed E-state index contributed by atoms with van der Waals surface area (Å²) in [6.07, 6.45) is 5.11. The van der Waals surface area contributed by atoms with Gasteiger partial charge in [0.15, 0.2) is 0 Å². The van der Waals surface area contributed by atoms with Crippen LogP contribution < -0.4 is 15.8 Å². The Kier molecular flexibility index (Phi) is 6.54. The van der Waals surface area contributed by atoms with E-state index in [1.54, 1.807) is 0 Å². The van der Waals surface area contributed by atoms with Crippen molar-refractivity contribution in [3.63, 3.8) is 0 Å². The van der Waals surface area contributed by atoms with E-state index in [0.29, 0.717) is 11.7 Å². The summed E-state index contributed by atoms with van der Waals surface area (Å²) in [5.41, 5.74) is 7.83. The monoisotopic (exact) mass is 264 g/mol. The molecule has 3 N–H and O–H groups in total. The molecule has 19 heavy (non-hydrogen) atoms. The van der Waals surface area contributed by atoms with Crippen molar-refractivity contribution in [2.24, 2.45) is 0 Å². The van der Waals surface area contributed by atoms with E-state index in [2.05, 4.69) is 19.2 Å². The van der Waals surface area contributed by atoms with E-state index in [-0.39, 0.29) is 6.10 Å². The summed E-state index contributed by atoms with van der Waals surface area (Å²) in [5.74, 6) is 0.765. The zero-order valence-electron chi connectivity index (χ0n) is 12.7. The molecule has 0 amide bonds. The number of benzene rings is 1. The topological polar surface area (TPSA) is 47.3 Å². The molecule has 0 bridgehead atoms. The third kappa shape index (κ3) is 5.41. The number of para-hydroxylation sites is 1. The van der Waals surface area contributed by atoms with Gasteiger partial charge in [-0.2, -0.15) is 0 Å². The van der Waals surface area contributed by atoms with Gasteiger partial charge in [0, 0.05) is 6.04 Å². The molecule has 3 nitrogen and oxygen atoms in total. The number of rotatable bonds is 8. The third-order valence-electron chi connectivity index (χ3n) is 3.07. The van der Waals surface area contributed by atoms with Crippen LogP contribution in [0.5, 0.6) is 5.75 Å². The van der Waals surface area contributed by atoms with E-state index in [1.807, 2.05) is 32.0 Å². The zero-order chi connectivity index (χ0) is 14.3. The molecule has 0 saturated heterocycles. The molecule has 0 spiro atoms. The first-order valence-electron chi connectivity index (χ1n) is 7.36. The van der Waals surface area contributed by atoms with Gasteiger partial charge in [-0.05, 0) is 39.3 Å². The predicted molar refractivity (Wildman–Crippen MR) is 83.8 cm³/mol. The molecule has 1 unspecified atom stereocenters. The van der Waals surface area contributed by atoms with Crippen molar-refractivity contribution in [2.45, 2.75) is 65.5 Å². The number of unbranched alkanes of at least 4 members (excludes halogenated alkanes) is 2. The summed E-state index contributed by atoms with van der Waals surface area (Å²) in [4.78, 5) is 0. The highest BCUT2D eigenvalue weighted by Gasteiger charge is 2.09. The Morgan fingerprint density at radius 3 is 2.58 bits per heavy atom. The van der Waals surface area contributed by atoms with Gasteiger partial charge in [0.1, 0.15) is 5.75 Å². The van der Waals surface area contributed by atoms with Gasteiger partial charge in [0.25, 0.3) is 0 Å². The zero-order valence-corrected chi connectivity index (χ0v) is 12.7. The smallest absolute Gasteiger partial charge is 0.144 e. The molecule has 0 aromatic heterocycles. The minimum Gasteiger partial charge on any atom is -0.489 e. The van der Waals surface area contributed by atoms with Crippen LogP contribution in [0.2, 0.25) is 0 Å². The molecule has 0 fully saturated rings. The van der Waals surface area contributed by atoms with Crippen molar-refractivity contribution < 1.29 is 4.74 Å².